The first-order chi connectivity index (χ1) is 37.0. The number of amides is 4. The van der Waals surface area contributed by atoms with Gasteiger partial charge >= 0.3 is 0 Å². The molecule has 0 aliphatic carbocycles. The number of hydrogen-bond acceptors (Lipinski definition) is 15. The zero-order chi connectivity index (χ0) is 54.9. The predicted octanol–water partition coefficient (Wildman–Crippen LogP) is 11.1. The highest BCUT2D eigenvalue weighted by molar-refractivity contribution is 7.98. The average molecular weight is 1120 g/mol. The number of halogens is 3. The number of azo groups is 1. The molecule has 1 aromatic heterocycles. The Labute approximate surface area is 460 Å². The van der Waals surface area contributed by atoms with Crippen molar-refractivity contribution in [2.75, 3.05) is 24.0 Å². The molecule has 1 unspecified atom stereocenters. The van der Waals surface area contributed by atoms with E-state index in [1.54, 1.807) is 78.1 Å². The van der Waals surface area contributed by atoms with Gasteiger partial charge in [0.15, 0.2) is 12.4 Å². The first-order valence-electron chi connectivity index (χ1n) is 23.2. The van der Waals surface area contributed by atoms with Crippen molar-refractivity contribution in [1.29, 1.82) is 0 Å². The molecule has 8 aromatic rings. The lowest BCUT2D eigenvalue weighted by Gasteiger charge is -2.15. The van der Waals surface area contributed by atoms with Crippen molar-refractivity contribution in [2.45, 2.75) is 37.7 Å². The van der Waals surface area contributed by atoms with Gasteiger partial charge in [-0.15, -0.1) is 10.2 Å². The van der Waals surface area contributed by atoms with Crippen molar-refractivity contribution < 1.29 is 38.5 Å². The second kappa shape index (κ2) is 24.4. The summed E-state index contributed by atoms with van der Waals surface area (Å²) < 4.78 is 18.6. The van der Waals surface area contributed by atoms with Crippen LogP contribution in [0, 0.1) is 20.8 Å². The van der Waals surface area contributed by atoms with Gasteiger partial charge in [0.2, 0.25) is 11.2 Å². The van der Waals surface area contributed by atoms with Gasteiger partial charge in [-0.3, -0.25) is 19.2 Å². The second-order valence-corrected chi connectivity index (χ2v) is 19.3. The van der Waals surface area contributed by atoms with E-state index in [0.29, 0.717) is 50.9 Å². The molecule has 0 spiro atoms. The van der Waals surface area contributed by atoms with Crippen LogP contribution in [0.3, 0.4) is 0 Å². The molecule has 1 atom stereocenters. The highest BCUT2D eigenvalue weighted by atomic mass is 35.5. The van der Waals surface area contributed by atoms with Gasteiger partial charge in [0, 0.05) is 39.8 Å². The summed E-state index contributed by atoms with van der Waals surface area (Å²) >= 11 is 20.4. The van der Waals surface area contributed by atoms with E-state index >= 15 is 0 Å². The molecule has 0 saturated carbocycles. The number of nitrogens with one attached hydrogen (secondary N) is 2. The van der Waals surface area contributed by atoms with Crippen LogP contribution in [0.1, 0.15) is 43.0 Å². The van der Waals surface area contributed by atoms with Gasteiger partial charge in [-0.2, -0.15) is 15.2 Å². The molecule has 0 bridgehead atoms. The monoisotopic (exact) mass is 1110 g/mol. The largest absolute Gasteiger partial charge is 0.506 e. The van der Waals surface area contributed by atoms with E-state index in [1.165, 1.54) is 37.4 Å². The van der Waals surface area contributed by atoms with Gasteiger partial charge in [-0.05, 0) is 121 Å². The van der Waals surface area contributed by atoms with Crippen molar-refractivity contribution in [3.8, 4) is 28.7 Å². The number of ether oxygens (including phenoxy) is 3. The fraction of sp³-hybridized carbons (Fsp3) is 0.148. The van der Waals surface area contributed by atoms with Crippen LogP contribution in [-0.2, 0) is 22.4 Å². The number of primary amides is 1. The topological polar surface area (TPSA) is 250 Å². The van der Waals surface area contributed by atoms with Crippen molar-refractivity contribution in [3.05, 3.63) is 176 Å². The first-order valence-corrected chi connectivity index (χ1v) is 25.3. The molecular weight excluding hydrogens is 1070 g/mol. The van der Waals surface area contributed by atoms with Crippen LogP contribution in [-0.4, -0.2) is 74.5 Å². The standard InChI is InChI=1S/C33H27Cl3N6O5.C21H19N5O3S/c1-18-7-12-27(19(2)13-18)47-17-28(43)37-23-6-4-5-20(14-23)32(44)38-31-29(40-39-22-8-10-24(46-3)11-9-22)33(45)42(41-31)30-25(35)15-21(34)16-26(30)36;1-12-9-13(11-30-21-23-24-25-26(21)2)7-8-17(12)29-18-10-16(20(22)28)19(27)15-6-4-3-5-14(15)18/h4-16,29H,17H2,1-3H3,(H,37,43)(H,38,41,44);3-10,27H,11H2,1-2H3,(H2,22,28). The number of hydrogen-bond donors (Lipinski definition) is 4. The van der Waals surface area contributed by atoms with Crippen LogP contribution < -0.4 is 35.6 Å². The van der Waals surface area contributed by atoms with Crippen molar-refractivity contribution in [2.24, 2.45) is 28.1 Å². The number of rotatable bonds is 15. The van der Waals surface area contributed by atoms with Gasteiger partial charge < -0.3 is 35.7 Å². The zero-order valence-electron chi connectivity index (χ0n) is 41.6. The number of nitrogens with zero attached hydrogens (tertiary/aromatic N) is 8. The molecule has 9 rings (SSSR count). The highest BCUT2D eigenvalue weighted by Crippen LogP contribution is 2.40. The molecule has 19 nitrogen and oxygen atoms in total. The molecule has 1 aliphatic heterocycles. The summed E-state index contributed by atoms with van der Waals surface area (Å²) in [6.07, 6.45) is 0. The number of carbonyl (C=O) groups excluding carboxylic acids is 4. The number of aromatic nitrogens is 4. The van der Waals surface area contributed by atoms with E-state index in [9.17, 15) is 24.3 Å². The Balaban J connectivity index is 0.000000224. The lowest BCUT2D eigenvalue weighted by Crippen LogP contribution is -2.39. The van der Waals surface area contributed by atoms with E-state index in [4.69, 9.17) is 54.7 Å². The average Bonchev–Trinajstić information content (AvgIpc) is 3.97. The normalized spacial score (nSPS) is 13.0. The van der Waals surface area contributed by atoms with E-state index in [1.807, 2.05) is 63.2 Å². The van der Waals surface area contributed by atoms with E-state index < -0.39 is 29.7 Å². The van der Waals surface area contributed by atoms with Crippen LogP contribution in [0.2, 0.25) is 15.1 Å². The van der Waals surface area contributed by atoms with Gasteiger partial charge in [-0.25, -0.2) is 4.68 Å². The van der Waals surface area contributed by atoms with Crippen LogP contribution in [0.4, 0.5) is 17.1 Å². The molecule has 77 heavy (non-hydrogen) atoms. The van der Waals surface area contributed by atoms with E-state index in [-0.39, 0.29) is 50.1 Å². The number of aryl methyl sites for hydroxylation is 4. The van der Waals surface area contributed by atoms with Crippen LogP contribution >= 0.6 is 46.6 Å². The Hall–Kier alpha value is -8.56. The Morgan fingerprint density at radius 1 is 0.818 bits per heavy atom. The summed E-state index contributed by atoms with van der Waals surface area (Å²) in [7, 11) is 3.33. The molecule has 5 N–H and O–H groups in total. The van der Waals surface area contributed by atoms with E-state index in [0.717, 1.165) is 32.4 Å². The molecule has 0 saturated heterocycles. The van der Waals surface area contributed by atoms with Crippen molar-refractivity contribution in [1.82, 2.24) is 25.5 Å². The van der Waals surface area contributed by atoms with Gasteiger partial charge in [0.1, 0.15) is 34.4 Å². The summed E-state index contributed by atoms with van der Waals surface area (Å²) in [6, 6.07) is 34.5. The molecule has 7 aromatic carbocycles. The zero-order valence-corrected chi connectivity index (χ0v) is 44.7. The maximum absolute atomic E-state index is 13.6. The SMILES string of the molecule is COc1ccc(N=NC2C(=O)N(c3c(Cl)cc(Cl)cc3Cl)N=C2NC(=O)c2cccc(NC(=O)COc3ccc(C)cc3C)c2)cc1.Cc1cc(CSc2nnnn2C)ccc1Oc1cc(C(N)=O)c(O)c2ccccc12. The number of hydrazone groups is 1. The molecule has 4 amide bonds. The molecule has 23 heteroatoms. The van der Waals surface area contributed by atoms with Gasteiger partial charge in [0.25, 0.3) is 23.6 Å². The van der Waals surface area contributed by atoms with Gasteiger partial charge in [-0.1, -0.05) is 107 Å². The number of methoxy groups -OCH3 is 1. The van der Waals surface area contributed by atoms with Crippen LogP contribution in [0.15, 0.2) is 148 Å². The maximum atomic E-state index is 13.6. The smallest absolute Gasteiger partial charge is 0.282 e. The lowest BCUT2D eigenvalue weighted by atomic mass is 10.0. The number of carbonyl (C=O) groups is 4. The number of benzene rings is 7. The van der Waals surface area contributed by atoms with Crippen molar-refractivity contribution >= 4 is 104 Å². The number of thioether (sulfide) groups is 1. The van der Waals surface area contributed by atoms with Crippen LogP contribution in [0.5, 0.6) is 28.7 Å². The second-order valence-electron chi connectivity index (χ2n) is 17.1. The summed E-state index contributed by atoms with van der Waals surface area (Å²) in [5, 5.41) is 43.1. The number of tetrazole rings is 1. The molecule has 392 valence electrons. The lowest BCUT2D eigenvalue weighted by molar-refractivity contribution is -0.118. The van der Waals surface area contributed by atoms with Crippen LogP contribution in [0.25, 0.3) is 10.8 Å². The number of anilines is 2. The Bertz CT molecular complexity index is 3610. The van der Waals surface area contributed by atoms with E-state index in [2.05, 4.69) is 41.5 Å². The summed E-state index contributed by atoms with van der Waals surface area (Å²) in [4.78, 5) is 51.4. The first kappa shape index (κ1) is 54.7. The Kier molecular flexibility index (Phi) is 17.3. The number of fused-ring (bicyclic) bond motifs is 1. The number of amidine groups is 1. The molecule has 1 aliphatic rings. The number of aromatic hydroxyl groups is 1. The fourth-order valence-corrected chi connectivity index (χ4v) is 9.44. The number of nitrogens with two attached hydrogens (primary N) is 1. The quantitative estimate of drug-likeness (QED) is 0.0553. The van der Waals surface area contributed by atoms with Gasteiger partial charge in [0.05, 0.1) is 28.4 Å². The minimum atomic E-state index is -1.35. The third-order valence-corrected chi connectivity index (χ3v) is 13.3. The third kappa shape index (κ3) is 13.3. The Morgan fingerprint density at radius 2 is 1.53 bits per heavy atom. The van der Waals surface area contributed by atoms with Crippen molar-refractivity contribution in [3.63, 3.8) is 0 Å². The fourth-order valence-electron chi connectivity index (χ4n) is 7.67. The number of phenols is 1. The molecular formula is C54H46Cl3N11O8S. The molecule has 0 fully saturated rings. The molecule has 2 heterocycles. The minimum Gasteiger partial charge on any atom is -0.506 e. The summed E-state index contributed by atoms with van der Waals surface area (Å²) in [5.74, 6) is 0.313. The highest BCUT2D eigenvalue weighted by Gasteiger charge is 2.40. The molecule has 0 radical (unpaired) electrons. The summed E-state index contributed by atoms with van der Waals surface area (Å²) in [5.41, 5.74) is 10.5. The summed E-state index contributed by atoms with van der Waals surface area (Å²) in [6.45, 7) is 5.58. The minimum absolute atomic E-state index is 0.0201. The maximum Gasteiger partial charge on any atom is 0.282 e. The predicted molar refractivity (Wildman–Crippen MR) is 295 cm³/mol. The Morgan fingerprint density at radius 3 is 2.21 bits per heavy atom. The third-order valence-electron chi connectivity index (χ3n) is 11.5.